The molecule has 0 aromatic heterocycles. The standard InChI is InChI=1S/C11H13BrClN/c1-9-4-5-10(8-11(9)12)14-7-3-2-6-13/h2-5,8,14H,6-7H2,1H3/b3-2+. The number of aryl methyl sites for hydroxylation is 1. The van der Waals surface area contributed by atoms with Gasteiger partial charge < -0.3 is 5.32 Å². The summed E-state index contributed by atoms with van der Waals surface area (Å²) in [6.07, 6.45) is 3.94. The number of hydrogen-bond acceptors (Lipinski definition) is 1. The minimum absolute atomic E-state index is 0.569. The summed E-state index contributed by atoms with van der Waals surface area (Å²) in [4.78, 5) is 0. The minimum Gasteiger partial charge on any atom is -0.382 e. The van der Waals surface area contributed by atoms with E-state index in [1.54, 1.807) is 0 Å². The van der Waals surface area contributed by atoms with Crippen LogP contribution in [0.3, 0.4) is 0 Å². The zero-order valence-electron chi connectivity index (χ0n) is 8.06. The quantitative estimate of drug-likeness (QED) is 0.647. The van der Waals surface area contributed by atoms with Crippen molar-refractivity contribution in [2.24, 2.45) is 0 Å². The van der Waals surface area contributed by atoms with E-state index in [1.165, 1.54) is 5.56 Å². The Hall–Kier alpha value is -0.470. The largest absolute Gasteiger partial charge is 0.382 e. The Balaban J connectivity index is 2.51. The summed E-state index contributed by atoms with van der Waals surface area (Å²) in [7, 11) is 0. The molecule has 0 bridgehead atoms. The van der Waals surface area contributed by atoms with Crippen LogP contribution in [0.5, 0.6) is 0 Å². The van der Waals surface area contributed by atoms with Crippen LogP contribution < -0.4 is 5.32 Å². The van der Waals surface area contributed by atoms with Crippen molar-refractivity contribution in [3.05, 3.63) is 40.4 Å². The molecule has 0 saturated carbocycles. The first-order valence-corrected chi connectivity index (χ1v) is 5.78. The van der Waals surface area contributed by atoms with Crippen LogP contribution in [0.2, 0.25) is 0 Å². The molecule has 1 N–H and O–H groups in total. The lowest BCUT2D eigenvalue weighted by atomic mass is 10.2. The van der Waals surface area contributed by atoms with Crippen LogP contribution in [0, 0.1) is 6.92 Å². The van der Waals surface area contributed by atoms with Gasteiger partial charge in [0.1, 0.15) is 0 Å². The number of benzene rings is 1. The molecule has 0 heterocycles. The molecular formula is C11H13BrClN. The van der Waals surface area contributed by atoms with Gasteiger partial charge in [-0.1, -0.05) is 34.1 Å². The molecule has 0 aliphatic rings. The van der Waals surface area contributed by atoms with E-state index in [1.807, 2.05) is 12.2 Å². The molecule has 1 aromatic rings. The molecule has 1 nitrogen and oxygen atoms in total. The Labute approximate surface area is 98.3 Å². The molecule has 0 fully saturated rings. The zero-order chi connectivity index (χ0) is 10.4. The van der Waals surface area contributed by atoms with Crippen LogP contribution in [0.1, 0.15) is 5.56 Å². The lowest BCUT2D eigenvalue weighted by Gasteiger charge is -2.05. The molecule has 0 aliphatic carbocycles. The van der Waals surface area contributed by atoms with Crippen molar-refractivity contribution in [2.45, 2.75) is 6.92 Å². The fourth-order valence-corrected chi connectivity index (χ4v) is 1.53. The molecule has 1 aromatic carbocycles. The number of rotatable bonds is 4. The number of hydrogen-bond donors (Lipinski definition) is 1. The van der Waals surface area contributed by atoms with Gasteiger partial charge in [-0.3, -0.25) is 0 Å². The molecule has 0 amide bonds. The van der Waals surface area contributed by atoms with Crippen LogP contribution >= 0.6 is 27.5 Å². The van der Waals surface area contributed by atoms with Crippen LogP contribution in [-0.4, -0.2) is 12.4 Å². The van der Waals surface area contributed by atoms with E-state index >= 15 is 0 Å². The summed E-state index contributed by atoms with van der Waals surface area (Å²) in [5, 5.41) is 3.27. The highest BCUT2D eigenvalue weighted by molar-refractivity contribution is 9.10. The maximum Gasteiger partial charge on any atom is 0.0404 e. The summed E-state index contributed by atoms with van der Waals surface area (Å²) < 4.78 is 1.13. The second-order valence-corrected chi connectivity index (χ2v) is 4.13. The molecule has 0 saturated heterocycles. The highest BCUT2D eigenvalue weighted by Crippen LogP contribution is 2.20. The Morgan fingerprint density at radius 2 is 2.21 bits per heavy atom. The van der Waals surface area contributed by atoms with E-state index in [0.717, 1.165) is 16.7 Å². The monoisotopic (exact) mass is 273 g/mol. The predicted molar refractivity (Wildman–Crippen MR) is 67.2 cm³/mol. The van der Waals surface area contributed by atoms with Crippen molar-refractivity contribution in [2.75, 3.05) is 17.7 Å². The molecule has 0 aliphatic heterocycles. The fraction of sp³-hybridized carbons (Fsp3) is 0.273. The number of anilines is 1. The topological polar surface area (TPSA) is 12.0 Å². The first-order chi connectivity index (χ1) is 6.74. The van der Waals surface area contributed by atoms with E-state index in [2.05, 4.69) is 46.4 Å². The predicted octanol–water partition coefficient (Wildman–Crippen LogP) is 3.96. The minimum atomic E-state index is 0.569. The van der Waals surface area contributed by atoms with E-state index in [0.29, 0.717) is 5.88 Å². The highest BCUT2D eigenvalue weighted by atomic mass is 79.9. The lowest BCUT2D eigenvalue weighted by Crippen LogP contribution is -1.98. The Morgan fingerprint density at radius 1 is 1.43 bits per heavy atom. The highest BCUT2D eigenvalue weighted by Gasteiger charge is 1.95. The van der Waals surface area contributed by atoms with Gasteiger partial charge in [0.05, 0.1) is 0 Å². The van der Waals surface area contributed by atoms with Gasteiger partial charge in [-0.15, -0.1) is 11.6 Å². The third-order valence-electron chi connectivity index (χ3n) is 1.85. The molecule has 0 atom stereocenters. The molecule has 76 valence electrons. The maximum absolute atomic E-state index is 5.51. The van der Waals surface area contributed by atoms with E-state index in [-0.39, 0.29) is 0 Å². The Bertz CT molecular complexity index is 323. The summed E-state index contributed by atoms with van der Waals surface area (Å²) in [5.74, 6) is 0.569. The van der Waals surface area contributed by atoms with E-state index in [4.69, 9.17) is 11.6 Å². The molecule has 1 rings (SSSR count). The summed E-state index contributed by atoms with van der Waals surface area (Å²) in [5.41, 5.74) is 2.36. The summed E-state index contributed by atoms with van der Waals surface area (Å²) in [6.45, 7) is 2.88. The van der Waals surface area contributed by atoms with Crippen molar-refractivity contribution < 1.29 is 0 Å². The maximum atomic E-state index is 5.51. The Kier molecular flexibility index (Phi) is 5.05. The van der Waals surface area contributed by atoms with Gasteiger partial charge >= 0.3 is 0 Å². The van der Waals surface area contributed by atoms with Gasteiger partial charge in [-0.2, -0.15) is 0 Å². The second kappa shape index (κ2) is 6.10. The van der Waals surface area contributed by atoms with Crippen molar-refractivity contribution in [1.82, 2.24) is 0 Å². The second-order valence-electron chi connectivity index (χ2n) is 2.97. The third-order valence-corrected chi connectivity index (χ3v) is 2.88. The fourth-order valence-electron chi connectivity index (χ4n) is 1.03. The first-order valence-electron chi connectivity index (χ1n) is 4.45. The Morgan fingerprint density at radius 3 is 2.86 bits per heavy atom. The van der Waals surface area contributed by atoms with Crippen molar-refractivity contribution in [3.8, 4) is 0 Å². The number of halogens is 2. The lowest BCUT2D eigenvalue weighted by molar-refractivity contribution is 1.31. The number of allylic oxidation sites excluding steroid dienone is 1. The van der Waals surface area contributed by atoms with Crippen molar-refractivity contribution in [3.63, 3.8) is 0 Å². The number of alkyl halides is 1. The van der Waals surface area contributed by atoms with Crippen LogP contribution in [-0.2, 0) is 0 Å². The van der Waals surface area contributed by atoms with Crippen LogP contribution in [0.4, 0.5) is 5.69 Å². The normalized spacial score (nSPS) is 10.8. The molecule has 14 heavy (non-hydrogen) atoms. The average Bonchev–Trinajstić information content (AvgIpc) is 2.18. The first kappa shape index (κ1) is 11.6. The van der Waals surface area contributed by atoms with Gasteiger partial charge in [0.25, 0.3) is 0 Å². The van der Waals surface area contributed by atoms with Crippen LogP contribution in [0.25, 0.3) is 0 Å². The average molecular weight is 275 g/mol. The molecule has 3 heteroatoms. The zero-order valence-corrected chi connectivity index (χ0v) is 10.4. The molecule has 0 radical (unpaired) electrons. The summed E-state index contributed by atoms with van der Waals surface area (Å²) in [6, 6.07) is 6.22. The molecule has 0 spiro atoms. The number of nitrogens with one attached hydrogen (secondary N) is 1. The van der Waals surface area contributed by atoms with Crippen molar-refractivity contribution in [1.29, 1.82) is 0 Å². The smallest absolute Gasteiger partial charge is 0.0404 e. The van der Waals surface area contributed by atoms with Gasteiger partial charge in [-0.25, -0.2) is 0 Å². The van der Waals surface area contributed by atoms with Crippen LogP contribution in [0.15, 0.2) is 34.8 Å². The molecular weight excluding hydrogens is 261 g/mol. The summed E-state index contributed by atoms with van der Waals surface area (Å²) >= 11 is 9.00. The van der Waals surface area contributed by atoms with Gasteiger partial charge in [0, 0.05) is 22.6 Å². The van der Waals surface area contributed by atoms with Gasteiger partial charge in [0.2, 0.25) is 0 Å². The van der Waals surface area contributed by atoms with E-state index < -0.39 is 0 Å². The van der Waals surface area contributed by atoms with Gasteiger partial charge in [0.15, 0.2) is 0 Å². The third kappa shape index (κ3) is 3.72. The van der Waals surface area contributed by atoms with E-state index in [9.17, 15) is 0 Å². The van der Waals surface area contributed by atoms with Crippen molar-refractivity contribution >= 4 is 33.2 Å². The molecule has 0 unspecified atom stereocenters. The SMILES string of the molecule is Cc1ccc(NC/C=C/CCl)cc1Br. The van der Waals surface area contributed by atoms with Gasteiger partial charge in [-0.05, 0) is 24.6 Å².